The summed E-state index contributed by atoms with van der Waals surface area (Å²) in [6.07, 6.45) is 1.79. The van der Waals surface area contributed by atoms with Crippen LogP contribution in [0.3, 0.4) is 0 Å². The van der Waals surface area contributed by atoms with Crippen molar-refractivity contribution in [2.75, 3.05) is 6.54 Å². The van der Waals surface area contributed by atoms with Crippen LogP contribution in [0.2, 0.25) is 0 Å². The number of aliphatic carboxylic acids is 1. The van der Waals surface area contributed by atoms with Crippen molar-refractivity contribution < 1.29 is 19.6 Å². The number of amides is 1. The third-order valence-electron chi connectivity index (χ3n) is 2.94. The number of nitrogens with zero attached hydrogens (tertiary/aromatic N) is 1. The van der Waals surface area contributed by atoms with Crippen molar-refractivity contribution >= 4 is 17.6 Å². The predicted octanol–water partition coefficient (Wildman–Crippen LogP) is 1.79. The van der Waals surface area contributed by atoms with Crippen LogP contribution >= 0.6 is 0 Å². The first-order valence-corrected chi connectivity index (χ1v) is 6.62. The van der Waals surface area contributed by atoms with E-state index in [9.17, 15) is 19.7 Å². The Balaban J connectivity index is 2.59. The maximum Gasteiger partial charge on any atom is 0.303 e. The number of nitro groups is 1. The van der Waals surface area contributed by atoms with Gasteiger partial charge in [-0.05, 0) is 18.3 Å². The molecule has 0 unspecified atom stereocenters. The first-order chi connectivity index (χ1) is 9.79. The van der Waals surface area contributed by atoms with E-state index in [0.29, 0.717) is 12.3 Å². The minimum Gasteiger partial charge on any atom is -0.481 e. The number of rotatable bonds is 8. The van der Waals surface area contributed by atoms with Crippen molar-refractivity contribution in [2.45, 2.75) is 26.7 Å². The number of nitrogens with one attached hydrogen (secondary N) is 2. The van der Waals surface area contributed by atoms with E-state index in [1.54, 1.807) is 0 Å². The topological polar surface area (TPSA) is 125 Å². The molecule has 0 spiro atoms. The van der Waals surface area contributed by atoms with Gasteiger partial charge in [-0.25, -0.2) is 0 Å². The number of carboxylic acids is 1. The molecule has 0 aliphatic rings. The summed E-state index contributed by atoms with van der Waals surface area (Å²) >= 11 is 0. The first kappa shape index (κ1) is 16.7. The van der Waals surface area contributed by atoms with E-state index in [2.05, 4.69) is 10.3 Å². The van der Waals surface area contributed by atoms with Gasteiger partial charge in [-0.1, -0.05) is 13.8 Å². The molecule has 1 aromatic rings. The smallest absolute Gasteiger partial charge is 0.303 e. The average molecular weight is 297 g/mol. The molecular weight excluding hydrogens is 278 g/mol. The van der Waals surface area contributed by atoms with Crippen LogP contribution in [0.25, 0.3) is 0 Å². The van der Waals surface area contributed by atoms with E-state index in [0.717, 1.165) is 12.3 Å². The van der Waals surface area contributed by atoms with Gasteiger partial charge in [0.05, 0.1) is 11.1 Å². The second kappa shape index (κ2) is 7.41. The van der Waals surface area contributed by atoms with Crippen LogP contribution in [0.15, 0.2) is 12.3 Å². The van der Waals surface area contributed by atoms with Gasteiger partial charge < -0.3 is 15.4 Å². The van der Waals surface area contributed by atoms with Gasteiger partial charge in [0.25, 0.3) is 11.6 Å². The maximum absolute atomic E-state index is 11.8. The van der Waals surface area contributed by atoms with Gasteiger partial charge in [0.2, 0.25) is 0 Å². The van der Waals surface area contributed by atoms with Gasteiger partial charge in [0.15, 0.2) is 0 Å². The monoisotopic (exact) mass is 297 g/mol. The fraction of sp³-hybridized carbons (Fsp3) is 0.538. The van der Waals surface area contributed by atoms with Crippen molar-refractivity contribution in [2.24, 2.45) is 11.8 Å². The van der Waals surface area contributed by atoms with Crippen LogP contribution in [0.4, 0.5) is 5.69 Å². The Kier molecular flexibility index (Phi) is 5.89. The zero-order valence-electron chi connectivity index (χ0n) is 12.0. The fourth-order valence-electron chi connectivity index (χ4n) is 2.10. The first-order valence-electron chi connectivity index (χ1n) is 6.62. The Bertz CT molecular complexity index is 524. The van der Waals surface area contributed by atoms with Crippen molar-refractivity contribution in [3.8, 4) is 0 Å². The van der Waals surface area contributed by atoms with Gasteiger partial charge in [-0.3, -0.25) is 19.7 Å². The second-order valence-corrected chi connectivity index (χ2v) is 5.33. The van der Waals surface area contributed by atoms with Crippen LogP contribution in [-0.2, 0) is 4.79 Å². The molecule has 1 amide bonds. The normalized spacial score (nSPS) is 12.1. The number of carboxylic acid groups (broad SMARTS) is 1. The number of carbonyl (C=O) groups is 2. The third kappa shape index (κ3) is 5.64. The molecule has 0 fully saturated rings. The van der Waals surface area contributed by atoms with Crippen LogP contribution in [-0.4, -0.2) is 33.4 Å². The van der Waals surface area contributed by atoms with Crippen LogP contribution in [0, 0.1) is 22.0 Å². The van der Waals surface area contributed by atoms with Crippen molar-refractivity contribution in [3.05, 3.63) is 28.1 Å². The van der Waals surface area contributed by atoms with Gasteiger partial charge in [0.1, 0.15) is 5.69 Å². The minimum absolute atomic E-state index is 0.0245. The Morgan fingerprint density at radius 1 is 1.48 bits per heavy atom. The standard InChI is InChI=1S/C13H19N3O5/c1-8(2)3-9(4-12(17)18)6-15-13(19)11-5-10(7-14-11)16(20)21/h5,7-9,14H,3-4,6H2,1-2H3,(H,15,19)(H,17,18)/t9-/m0/s1. The summed E-state index contributed by atoms with van der Waals surface area (Å²) in [6.45, 7) is 4.17. The molecule has 0 saturated heterocycles. The molecule has 0 bridgehead atoms. The van der Waals surface area contributed by atoms with Gasteiger partial charge >= 0.3 is 5.97 Å². The highest BCUT2D eigenvalue weighted by molar-refractivity contribution is 5.93. The molecule has 21 heavy (non-hydrogen) atoms. The van der Waals surface area contributed by atoms with Gasteiger partial charge in [-0.2, -0.15) is 0 Å². The number of hydrogen-bond acceptors (Lipinski definition) is 4. The number of aromatic amines is 1. The summed E-state index contributed by atoms with van der Waals surface area (Å²) in [7, 11) is 0. The molecule has 8 nitrogen and oxygen atoms in total. The maximum atomic E-state index is 11.8. The lowest BCUT2D eigenvalue weighted by Gasteiger charge is -2.17. The number of aromatic nitrogens is 1. The summed E-state index contributed by atoms with van der Waals surface area (Å²) in [5.74, 6) is -1.25. The lowest BCUT2D eigenvalue weighted by atomic mass is 9.94. The van der Waals surface area contributed by atoms with Crippen molar-refractivity contribution in [3.63, 3.8) is 0 Å². The largest absolute Gasteiger partial charge is 0.481 e. The summed E-state index contributed by atoms with van der Waals surface area (Å²) in [4.78, 5) is 35.1. The van der Waals surface area contributed by atoms with E-state index < -0.39 is 16.8 Å². The summed E-state index contributed by atoms with van der Waals surface area (Å²) in [5.41, 5.74) is -0.107. The van der Waals surface area contributed by atoms with Crippen molar-refractivity contribution in [1.82, 2.24) is 10.3 Å². The quantitative estimate of drug-likeness (QED) is 0.498. The van der Waals surface area contributed by atoms with Gasteiger partial charge in [-0.15, -0.1) is 0 Å². The zero-order valence-corrected chi connectivity index (χ0v) is 12.0. The van der Waals surface area contributed by atoms with Crippen LogP contribution in [0.1, 0.15) is 37.2 Å². The Morgan fingerprint density at radius 2 is 2.14 bits per heavy atom. The second-order valence-electron chi connectivity index (χ2n) is 5.33. The van der Waals surface area contributed by atoms with Crippen LogP contribution < -0.4 is 5.32 Å². The van der Waals surface area contributed by atoms with Gasteiger partial charge in [0, 0.05) is 19.0 Å². The highest BCUT2D eigenvalue weighted by Gasteiger charge is 2.18. The summed E-state index contributed by atoms with van der Waals surface area (Å²) < 4.78 is 0. The molecule has 8 heteroatoms. The van der Waals surface area contributed by atoms with Crippen LogP contribution in [0.5, 0.6) is 0 Å². The predicted molar refractivity (Wildman–Crippen MR) is 75.0 cm³/mol. The van der Waals surface area contributed by atoms with Crippen molar-refractivity contribution in [1.29, 1.82) is 0 Å². The summed E-state index contributed by atoms with van der Waals surface area (Å²) in [5, 5.41) is 22.0. The molecule has 0 saturated carbocycles. The average Bonchev–Trinajstić information content (AvgIpc) is 2.83. The van der Waals surface area contributed by atoms with E-state index in [-0.39, 0.29) is 30.3 Å². The Morgan fingerprint density at radius 3 is 2.62 bits per heavy atom. The van der Waals surface area contributed by atoms with E-state index in [1.165, 1.54) is 0 Å². The highest BCUT2D eigenvalue weighted by atomic mass is 16.6. The molecule has 0 aliphatic carbocycles. The molecule has 1 atom stereocenters. The number of carbonyl (C=O) groups excluding carboxylic acids is 1. The molecule has 0 aliphatic heterocycles. The molecular formula is C13H19N3O5. The van der Waals surface area contributed by atoms with E-state index >= 15 is 0 Å². The Labute approximate surface area is 121 Å². The molecule has 1 rings (SSSR count). The molecule has 0 radical (unpaired) electrons. The number of H-pyrrole nitrogens is 1. The molecule has 116 valence electrons. The lowest BCUT2D eigenvalue weighted by molar-refractivity contribution is -0.384. The minimum atomic E-state index is -0.912. The summed E-state index contributed by atoms with van der Waals surface area (Å²) in [6, 6.07) is 1.14. The van der Waals surface area contributed by atoms with E-state index in [1.807, 2.05) is 13.8 Å². The molecule has 3 N–H and O–H groups in total. The Hall–Kier alpha value is -2.38. The SMILES string of the molecule is CC(C)C[C@H](CNC(=O)c1cc([N+](=O)[O-])c[nH]1)CC(=O)O. The molecule has 1 aromatic heterocycles. The zero-order chi connectivity index (χ0) is 16.0. The third-order valence-corrected chi connectivity index (χ3v) is 2.94. The molecule has 1 heterocycles. The lowest BCUT2D eigenvalue weighted by Crippen LogP contribution is -2.31. The molecule has 0 aromatic carbocycles. The highest BCUT2D eigenvalue weighted by Crippen LogP contribution is 2.16. The number of hydrogen-bond donors (Lipinski definition) is 3. The van der Waals surface area contributed by atoms with E-state index in [4.69, 9.17) is 5.11 Å². The fourth-order valence-corrected chi connectivity index (χ4v) is 2.10.